The van der Waals surface area contributed by atoms with E-state index in [4.69, 9.17) is 5.73 Å². The lowest BCUT2D eigenvalue weighted by atomic mass is 10.1. The van der Waals surface area contributed by atoms with Crippen LogP contribution in [0.2, 0.25) is 0 Å². The quantitative estimate of drug-likeness (QED) is 0.762. The summed E-state index contributed by atoms with van der Waals surface area (Å²) >= 11 is 0. The van der Waals surface area contributed by atoms with E-state index in [0.29, 0.717) is 0 Å². The molecule has 0 bridgehead atoms. The lowest BCUT2D eigenvalue weighted by Crippen LogP contribution is -2.22. The SMILES string of the molecule is CCC(N)Cc1nc(C)cnc1C. The third-order valence-corrected chi connectivity index (χ3v) is 2.15. The second-order valence-electron chi connectivity index (χ2n) is 3.42. The van der Waals surface area contributed by atoms with Crippen molar-refractivity contribution < 1.29 is 0 Å². The smallest absolute Gasteiger partial charge is 0.0634 e. The van der Waals surface area contributed by atoms with Gasteiger partial charge >= 0.3 is 0 Å². The van der Waals surface area contributed by atoms with E-state index in [1.807, 2.05) is 13.8 Å². The van der Waals surface area contributed by atoms with Crippen LogP contribution in [0.5, 0.6) is 0 Å². The van der Waals surface area contributed by atoms with Gasteiger partial charge in [-0.15, -0.1) is 0 Å². The highest BCUT2D eigenvalue weighted by atomic mass is 14.8. The fourth-order valence-corrected chi connectivity index (χ4v) is 1.17. The zero-order valence-corrected chi connectivity index (χ0v) is 8.54. The van der Waals surface area contributed by atoms with Crippen molar-refractivity contribution in [1.29, 1.82) is 0 Å². The molecule has 0 amide bonds. The Morgan fingerprint density at radius 2 is 2.15 bits per heavy atom. The maximum absolute atomic E-state index is 5.86. The molecule has 0 aliphatic rings. The van der Waals surface area contributed by atoms with Gasteiger partial charge in [0.15, 0.2) is 0 Å². The average molecular weight is 179 g/mol. The van der Waals surface area contributed by atoms with E-state index in [1.165, 1.54) is 0 Å². The standard InChI is InChI=1S/C10H17N3/c1-4-9(11)5-10-8(3)12-6-7(2)13-10/h6,9H,4-5,11H2,1-3H3. The van der Waals surface area contributed by atoms with Crippen molar-refractivity contribution in [2.75, 3.05) is 0 Å². The molecule has 1 unspecified atom stereocenters. The van der Waals surface area contributed by atoms with Crippen molar-refractivity contribution in [2.24, 2.45) is 5.73 Å². The zero-order valence-electron chi connectivity index (χ0n) is 8.54. The molecule has 0 fully saturated rings. The minimum absolute atomic E-state index is 0.204. The molecular weight excluding hydrogens is 162 g/mol. The topological polar surface area (TPSA) is 51.8 Å². The lowest BCUT2D eigenvalue weighted by Gasteiger charge is -2.09. The molecule has 0 saturated carbocycles. The summed E-state index contributed by atoms with van der Waals surface area (Å²) in [6, 6.07) is 0.204. The summed E-state index contributed by atoms with van der Waals surface area (Å²) in [6.45, 7) is 6.01. The number of aryl methyl sites for hydroxylation is 2. The molecule has 0 aliphatic carbocycles. The van der Waals surface area contributed by atoms with Crippen molar-refractivity contribution in [2.45, 2.75) is 39.7 Å². The van der Waals surface area contributed by atoms with Gasteiger partial charge in [-0.1, -0.05) is 6.92 Å². The number of hydrogen-bond acceptors (Lipinski definition) is 3. The van der Waals surface area contributed by atoms with E-state index < -0.39 is 0 Å². The van der Waals surface area contributed by atoms with E-state index in [9.17, 15) is 0 Å². The molecule has 0 aromatic carbocycles. The Balaban J connectivity index is 2.81. The molecular formula is C10H17N3. The van der Waals surface area contributed by atoms with Crippen LogP contribution < -0.4 is 5.73 Å². The molecule has 0 saturated heterocycles. The van der Waals surface area contributed by atoms with Gasteiger partial charge in [0.05, 0.1) is 17.1 Å². The van der Waals surface area contributed by atoms with Crippen LogP contribution in [0.3, 0.4) is 0 Å². The molecule has 1 rings (SSSR count). The van der Waals surface area contributed by atoms with E-state index in [1.54, 1.807) is 6.20 Å². The highest BCUT2D eigenvalue weighted by molar-refractivity contribution is 5.13. The van der Waals surface area contributed by atoms with Gasteiger partial charge in [-0.3, -0.25) is 9.97 Å². The summed E-state index contributed by atoms with van der Waals surface area (Å²) in [6.07, 6.45) is 3.60. The first-order valence-electron chi connectivity index (χ1n) is 4.68. The van der Waals surface area contributed by atoms with Gasteiger partial charge in [0.1, 0.15) is 0 Å². The number of hydrogen-bond donors (Lipinski definition) is 1. The van der Waals surface area contributed by atoms with Crippen molar-refractivity contribution in [3.63, 3.8) is 0 Å². The van der Waals surface area contributed by atoms with E-state index in [2.05, 4.69) is 16.9 Å². The Morgan fingerprint density at radius 3 is 2.77 bits per heavy atom. The molecule has 3 heteroatoms. The van der Waals surface area contributed by atoms with Crippen molar-refractivity contribution in [1.82, 2.24) is 9.97 Å². The minimum Gasteiger partial charge on any atom is -0.327 e. The summed E-state index contributed by atoms with van der Waals surface area (Å²) in [4.78, 5) is 8.67. The molecule has 0 radical (unpaired) electrons. The highest BCUT2D eigenvalue weighted by Gasteiger charge is 2.06. The van der Waals surface area contributed by atoms with Crippen LogP contribution in [-0.4, -0.2) is 16.0 Å². The van der Waals surface area contributed by atoms with Crippen molar-refractivity contribution in [3.05, 3.63) is 23.3 Å². The number of aromatic nitrogens is 2. The minimum atomic E-state index is 0.204. The molecule has 3 nitrogen and oxygen atoms in total. The first-order chi connectivity index (χ1) is 6.13. The Bertz CT molecular complexity index is 283. The Kier molecular flexibility index (Phi) is 3.37. The molecule has 0 aliphatic heterocycles. The van der Waals surface area contributed by atoms with Crippen LogP contribution in [0.4, 0.5) is 0 Å². The molecule has 1 atom stereocenters. The van der Waals surface area contributed by atoms with Crippen LogP contribution >= 0.6 is 0 Å². The van der Waals surface area contributed by atoms with Crippen LogP contribution in [0.15, 0.2) is 6.20 Å². The van der Waals surface area contributed by atoms with Gasteiger partial charge in [0.25, 0.3) is 0 Å². The number of nitrogens with two attached hydrogens (primary N) is 1. The van der Waals surface area contributed by atoms with Crippen LogP contribution in [-0.2, 0) is 6.42 Å². The Hall–Kier alpha value is -0.960. The molecule has 2 N–H and O–H groups in total. The first-order valence-corrected chi connectivity index (χ1v) is 4.68. The van der Waals surface area contributed by atoms with E-state index in [0.717, 1.165) is 29.9 Å². The van der Waals surface area contributed by atoms with Crippen LogP contribution in [0.1, 0.15) is 30.4 Å². The Labute approximate surface area is 79.4 Å². The van der Waals surface area contributed by atoms with E-state index >= 15 is 0 Å². The maximum atomic E-state index is 5.86. The van der Waals surface area contributed by atoms with Crippen molar-refractivity contribution in [3.8, 4) is 0 Å². The van der Waals surface area contributed by atoms with Crippen molar-refractivity contribution >= 4 is 0 Å². The first kappa shape index (κ1) is 10.1. The third-order valence-electron chi connectivity index (χ3n) is 2.15. The van der Waals surface area contributed by atoms with Gasteiger partial charge in [-0.05, 0) is 20.3 Å². The summed E-state index contributed by atoms with van der Waals surface area (Å²) < 4.78 is 0. The fraction of sp³-hybridized carbons (Fsp3) is 0.600. The van der Waals surface area contributed by atoms with E-state index in [-0.39, 0.29) is 6.04 Å². The van der Waals surface area contributed by atoms with Gasteiger partial charge < -0.3 is 5.73 Å². The predicted octanol–water partition coefficient (Wildman–Crippen LogP) is 1.37. The summed E-state index contributed by atoms with van der Waals surface area (Å²) in [5, 5.41) is 0. The molecule has 13 heavy (non-hydrogen) atoms. The summed E-state index contributed by atoms with van der Waals surface area (Å²) in [5.74, 6) is 0. The summed E-state index contributed by atoms with van der Waals surface area (Å²) in [7, 11) is 0. The molecule has 0 spiro atoms. The summed E-state index contributed by atoms with van der Waals surface area (Å²) in [5.41, 5.74) is 8.85. The second kappa shape index (κ2) is 4.33. The van der Waals surface area contributed by atoms with Gasteiger partial charge in [0, 0.05) is 18.7 Å². The van der Waals surface area contributed by atoms with Gasteiger partial charge in [-0.25, -0.2) is 0 Å². The maximum Gasteiger partial charge on any atom is 0.0634 e. The molecule has 1 aromatic heterocycles. The third kappa shape index (κ3) is 2.77. The molecule has 1 heterocycles. The highest BCUT2D eigenvalue weighted by Crippen LogP contribution is 2.06. The molecule has 1 aromatic rings. The number of rotatable bonds is 3. The largest absolute Gasteiger partial charge is 0.327 e. The monoisotopic (exact) mass is 179 g/mol. The van der Waals surface area contributed by atoms with Gasteiger partial charge in [0.2, 0.25) is 0 Å². The van der Waals surface area contributed by atoms with Crippen LogP contribution in [0.25, 0.3) is 0 Å². The van der Waals surface area contributed by atoms with Gasteiger partial charge in [-0.2, -0.15) is 0 Å². The fourth-order valence-electron chi connectivity index (χ4n) is 1.17. The average Bonchev–Trinajstić information content (AvgIpc) is 2.11. The zero-order chi connectivity index (χ0) is 9.84. The predicted molar refractivity (Wildman–Crippen MR) is 53.5 cm³/mol. The number of nitrogens with zero attached hydrogens (tertiary/aromatic N) is 2. The second-order valence-corrected chi connectivity index (χ2v) is 3.42. The molecule has 72 valence electrons. The van der Waals surface area contributed by atoms with Crippen LogP contribution in [0, 0.1) is 13.8 Å². The normalized spacial score (nSPS) is 12.9. The Morgan fingerprint density at radius 1 is 1.46 bits per heavy atom. The lowest BCUT2D eigenvalue weighted by molar-refractivity contribution is 0.630.